The number of ketones is 1. The Kier molecular flexibility index (Phi) is 8.62. The highest BCUT2D eigenvalue weighted by molar-refractivity contribution is 6.46. The van der Waals surface area contributed by atoms with Crippen molar-refractivity contribution in [2.45, 2.75) is 59.4 Å². The van der Waals surface area contributed by atoms with Gasteiger partial charge in [0.1, 0.15) is 11.5 Å². The Morgan fingerprint density at radius 1 is 1.08 bits per heavy atom. The summed E-state index contributed by atoms with van der Waals surface area (Å²) in [4.78, 5) is 27.9. The molecule has 0 radical (unpaired) electrons. The highest BCUT2D eigenvalue weighted by Crippen LogP contribution is 2.40. The zero-order valence-electron chi connectivity index (χ0n) is 22.6. The summed E-state index contributed by atoms with van der Waals surface area (Å²) in [5.74, 6) is -0.337. The number of amides is 1. The van der Waals surface area contributed by atoms with Crippen LogP contribution in [0.4, 0.5) is 0 Å². The molecule has 0 bridgehead atoms. The Morgan fingerprint density at radius 2 is 1.75 bits per heavy atom. The van der Waals surface area contributed by atoms with Crippen molar-refractivity contribution in [3.8, 4) is 5.75 Å². The van der Waals surface area contributed by atoms with Crippen molar-refractivity contribution in [1.82, 2.24) is 4.90 Å². The van der Waals surface area contributed by atoms with Crippen LogP contribution >= 0.6 is 0 Å². The second-order valence-corrected chi connectivity index (χ2v) is 10.9. The molecule has 2 aromatic rings. The summed E-state index contributed by atoms with van der Waals surface area (Å²) in [5.41, 5.74) is 3.34. The number of nitrogens with zero attached hydrogens (tertiary/aromatic N) is 1. The minimum absolute atomic E-state index is 0.0320. The van der Waals surface area contributed by atoms with Crippen molar-refractivity contribution in [2.24, 2.45) is 5.92 Å². The summed E-state index contributed by atoms with van der Waals surface area (Å²) in [5, 5.41) is 11.4. The zero-order chi connectivity index (χ0) is 26.6. The second-order valence-electron chi connectivity index (χ2n) is 10.9. The smallest absolute Gasteiger partial charge is 0.295 e. The maximum absolute atomic E-state index is 13.2. The number of carbonyl (C=O) groups is 2. The molecule has 1 amide bonds. The molecule has 1 heterocycles. The molecule has 6 nitrogen and oxygen atoms in total. The number of rotatable bonds is 9. The molecular weight excluding hydrogens is 454 g/mol. The first-order valence-electron chi connectivity index (χ1n) is 12.6. The van der Waals surface area contributed by atoms with Crippen molar-refractivity contribution < 1.29 is 24.2 Å². The summed E-state index contributed by atoms with van der Waals surface area (Å²) in [6, 6.07) is 12.6. The number of aliphatic hydroxyl groups is 1. The standard InChI is InChI=1S/C30H39NO5/c1-19(2)18-36-24-14-11-22(17-20(24)3)27(32)25-26(21-9-12-23(13-10-21)30(4,5)6)31(15-8-16-35-7)29(34)28(25)33/h9-14,17,19,26,32H,8,15-16,18H2,1-7H3. The van der Waals surface area contributed by atoms with Crippen LogP contribution in [0.25, 0.3) is 5.76 Å². The molecule has 0 aromatic heterocycles. The van der Waals surface area contributed by atoms with Crippen LogP contribution in [0, 0.1) is 12.8 Å². The number of ether oxygens (including phenoxy) is 2. The molecule has 1 fully saturated rings. The number of methoxy groups -OCH3 is 1. The van der Waals surface area contributed by atoms with E-state index in [2.05, 4.69) is 34.6 Å². The molecule has 0 aliphatic carbocycles. The molecular formula is C30H39NO5. The van der Waals surface area contributed by atoms with E-state index in [1.54, 1.807) is 30.2 Å². The molecule has 3 rings (SSSR count). The van der Waals surface area contributed by atoms with Gasteiger partial charge >= 0.3 is 0 Å². The topological polar surface area (TPSA) is 76.1 Å². The van der Waals surface area contributed by atoms with Gasteiger partial charge in [0, 0.05) is 25.8 Å². The Labute approximate surface area is 214 Å². The minimum atomic E-state index is -0.674. The maximum Gasteiger partial charge on any atom is 0.295 e. The van der Waals surface area contributed by atoms with Gasteiger partial charge in [-0.3, -0.25) is 9.59 Å². The number of aryl methyl sites for hydroxylation is 1. The van der Waals surface area contributed by atoms with Crippen LogP contribution in [-0.4, -0.2) is 48.6 Å². The molecule has 1 aliphatic rings. The van der Waals surface area contributed by atoms with Gasteiger partial charge in [-0.2, -0.15) is 0 Å². The Morgan fingerprint density at radius 3 is 2.31 bits per heavy atom. The van der Waals surface area contributed by atoms with Gasteiger partial charge in [-0.25, -0.2) is 0 Å². The monoisotopic (exact) mass is 493 g/mol. The molecule has 36 heavy (non-hydrogen) atoms. The van der Waals surface area contributed by atoms with E-state index >= 15 is 0 Å². The fourth-order valence-corrected chi connectivity index (χ4v) is 4.37. The van der Waals surface area contributed by atoms with Crippen LogP contribution in [0.2, 0.25) is 0 Å². The zero-order valence-corrected chi connectivity index (χ0v) is 22.6. The van der Waals surface area contributed by atoms with Gasteiger partial charge in [-0.15, -0.1) is 0 Å². The lowest BCUT2D eigenvalue weighted by Crippen LogP contribution is -2.31. The third-order valence-electron chi connectivity index (χ3n) is 6.40. The molecule has 1 N–H and O–H groups in total. The van der Waals surface area contributed by atoms with Crippen LogP contribution in [0.5, 0.6) is 5.75 Å². The number of carbonyl (C=O) groups excluding carboxylic acids is 2. The fraction of sp³-hybridized carbons (Fsp3) is 0.467. The predicted molar refractivity (Wildman–Crippen MR) is 142 cm³/mol. The van der Waals surface area contributed by atoms with Crippen LogP contribution < -0.4 is 4.74 Å². The van der Waals surface area contributed by atoms with Crippen molar-refractivity contribution in [3.63, 3.8) is 0 Å². The number of likely N-dealkylation sites (tertiary alicyclic amines) is 1. The number of benzene rings is 2. The van der Waals surface area contributed by atoms with E-state index < -0.39 is 17.7 Å². The minimum Gasteiger partial charge on any atom is -0.507 e. The average molecular weight is 494 g/mol. The lowest BCUT2D eigenvalue weighted by atomic mass is 9.85. The van der Waals surface area contributed by atoms with Crippen LogP contribution in [0.1, 0.15) is 69.3 Å². The largest absolute Gasteiger partial charge is 0.507 e. The SMILES string of the molecule is COCCCN1C(=O)C(=O)C(=C(O)c2ccc(OCC(C)C)c(C)c2)C1c1ccc(C(C)(C)C)cc1. The Balaban J connectivity index is 2.07. The molecule has 1 aliphatic heterocycles. The van der Waals surface area contributed by atoms with E-state index in [0.717, 1.165) is 22.4 Å². The first-order chi connectivity index (χ1) is 17.0. The van der Waals surface area contributed by atoms with Gasteiger partial charge in [-0.05, 0) is 59.6 Å². The predicted octanol–water partition coefficient (Wildman–Crippen LogP) is 5.79. The number of hydrogen-bond acceptors (Lipinski definition) is 5. The third kappa shape index (κ3) is 5.98. The first-order valence-corrected chi connectivity index (χ1v) is 12.6. The van der Waals surface area contributed by atoms with Crippen LogP contribution in [0.3, 0.4) is 0 Å². The molecule has 1 unspecified atom stereocenters. The van der Waals surface area contributed by atoms with Crippen molar-refractivity contribution in [2.75, 3.05) is 26.9 Å². The molecule has 6 heteroatoms. The summed E-state index contributed by atoms with van der Waals surface area (Å²) >= 11 is 0. The van der Waals surface area contributed by atoms with Crippen molar-refractivity contribution >= 4 is 17.4 Å². The number of aliphatic hydroxyl groups excluding tert-OH is 1. The number of hydrogen-bond donors (Lipinski definition) is 1. The lowest BCUT2D eigenvalue weighted by Gasteiger charge is -2.26. The Bertz CT molecular complexity index is 1130. The van der Waals surface area contributed by atoms with E-state index in [0.29, 0.717) is 37.7 Å². The highest BCUT2D eigenvalue weighted by atomic mass is 16.5. The van der Waals surface area contributed by atoms with E-state index in [9.17, 15) is 14.7 Å². The summed E-state index contributed by atoms with van der Waals surface area (Å²) in [6.45, 7) is 13.9. The molecule has 194 valence electrons. The van der Waals surface area contributed by atoms with E-state index in [1.165, 1.54) is 0 Å². The highest BCUT2D eigenvalue weighted by Gasteiger charge is 2.45. The van der Waals surface area contributed by atoms with Gasteiger partial charge in [0.2, 0.25) is 0 Å². The van der Waals surface area contributed by atoms with Crippen LogP contribution in [0.15, 0.2) is 48.0 Å². The third-order valence-corrected chi connectivity index (χ3v) is 6.40. The summed E-state index contributed by atoms with van der Waals surface area (Å²) in [7, 11) is 1.60. The molecule has 0 spiro atoms. The second kappa shape index (κ2) is 11.3. The number of Topliss-reactive ketones (excluding diaryl/α,β-unsaturated/α-hetero) is 1. The van der Waals surface area contributed by atoms with Gasteiger partial charge in [0.15, 0.2) is 0 Å². The molecule has 0 saturated carbocycles. The molecule has 1 atom stereocenters. The molecule has 2 aromatic carbocycles. The average Bonchev–Trinajstić information content (AvgIpc) is 3.07. The van der Waals surface area contributed by atoms with E-state index in [1.807, 2.05) is 31.2 Å². The van der Waals surface area contributed by atoms with E-state index in [-0.39, 0.29) is 16.7 Å². The van der Waals surface area contributed by atoms with Crippen molar-refractivity contribution in [3.05, 3.63) is 70.3 Å². The quantitative estimate of drug-likeness (QED) is 0.207. The van der Waals surface area contributed by atoms with Gasteiger partial charge in [0.05, 0.1) is 18.2 Å². The lowest BCUT2D eigenvalue weighted by molar-refractivity contribution is -0.140. The first kappa shape index (κ1) is 27.5. The summed E-state index contributed by atoms with van der Waals surface area (Å²) in [6.07, 6.45) is 0.584. The van der Waals surface area contributed by atoms with Crippen LogP contribution in [-0.2, 0) is 19.7 Å². The maximum atomic E-state index is 13.2. The normalized spacial score (nSPS) is 17.8. The van der Waals surface area contributed by atoms with E-state index in [4.69, 9.17) is 9.47 Å². The Hall–Kier alpha value is -3.12. The van der Waals surface area contributed by atoms with Gasteiger partial charge in [0.25, 0.3) is 11.7 Å². The fourth-order valence-electron chi connectivity index (χ4n) is 4.37. The van der Waals surface area contributed by atoms with Gasteiger partial charge < -0.3 is 19.5 Å². The van der Waals surface area contributed by atoms with Crippen molar-refractivity contribution in [1.29, 1.82) is 0 Å². The summed E-state index contributed by atoms with van der Waals surface area (Å²) < 4.78 is 11.0. The van der Waals surface area contributed by atoms with Gasteiger partial charge in [-0.1, -0.05) is 58.9 Å². The molecule has 1 saturated heterocycles.